The number of ether oxygens (including phenoxy) is 1. The topological polar surface area (TPSA) is 52.3 Å². The maximum absolute atomic E-state index is 11.7. The van der Waals surface area contributed by atoms with E-state index in [2.05, 4.69) is 26.8 Å². The van der Waals surface area contributed by atoms with Crippen LogP contribution in [0.1, 0.15) is 44.0 Å². The Morgan fingerprint density at radius 3 is 2.40 bits per heavy atom. The summed E-state index contributed by atoms with van der Waals surface area (Å²) in [7, 11) is 0. The third kappa shape index (κ3) is 6.23. The van der Waals surface area contributed by atoms with E-state index >= 15 is 0 Å². The zero-order valence-corrected chi connectivity index (χ0v) is 12.5. The largest absolute Gasteiger partial charge is 0.458 e. The van der Waals surface area contributed by atoms with Crippen LogP contribution in [-0.4, -0.2) is 12.6 Å². The molecular weight excluding hydrogens is 250 g/mol. The van der Waals surface area contributed by atoms with Gasteiger partial charge in [0.05, 0.1) is 5.56 Å². The summed E-state index contributed by atoms with van der Waals surface area (Å²) in [6, 6.07) is 6.72. The van der Waals surface area contributed by atoms with Gasteiger partial charge in [-0.3, -0.25) is 0 Å². The summed E-state index contributed by atoms with van der Waals surface area (Å²) in [4.78, 5) is 11.7. The highest BCUT2D eigenvalue weighted by Crippen LogP contribution is 2.09. The third-order valence-corrected chi connectivity index (χ3v) is 2.88. The van der Waals surface area contributed by atoms with Gasteiger partial charge in [0, 0.05) is 5.69 Å². The van der Waals surface area contributed by atoms with Crippen LogP contribution < -0.4 is 5.73 Å². The van der Waals surface area contributed by atoms with Gasteiger partial charge < -0.3 is 10.5 Å². The number of carbonyl (C=O) groups is 1. The van der Waals surface area contributed by atoms with Crippen LogP contribution in [0.4, 0.5) is 5.69 Å². The Morgan fingerprint density at radius 2 is 1.80 bits per heavy atom. The number of hydrogen-bond donors (Lipinski definition) is 1. The molecular formula is C17H23NO2. The van der Waals surface area contributed by atoms with Gasteiger partial charge in [-0.15, -0.1) is 0 Å². The van der Waals surface area contributed by atoms with Crippen LogP contribution >= 0.6 is 0 Å². The number of nitrogen functional groups attached to an aromatic ring is 1. The first-order valence-corrected chi connectivity index (χ1v) is 6.80. The molecule has 0 heterocycles. The molecule has 3 heteroatoms. The molecule has 108 valence electrons. The average molecular weight is 273 g/mol. The summed E-state index contributed by atoms with van der Waals surface area (Å²) in [5.74, 6) is -0.321. The van der Waals surface area contributed by atoms with Crippen molar-refractivity contribution in [1.29, 1.82) is 0 Å². The Labute approximate surface area is 121 Å². The quantitative estimate of drug-likeness (QED) is 0.482. The maximum Gasteiger partial charge on any atom is 0.338 e. The molecule has 0 aliphatic rings. The van der Waals surface area contributed by atoms with Crippen molar-refractivity contribution in [2.24, 2.45) is 0 Å². The van der Waals surface area contributed by atoms with E-state index < -0.39 is 0 Å². The molecule has 0 saturated carbocycles. The van der Waals surface area contributed by atoms with Gasteiger partial charge in [0.1, 0.15) is 6.61 Å². The summed E-state index contributed by atoms with van der Waals surface area (Å²) >= 11 is 0. The molecule has 1 rings (SSSR count). The fourth-order valence-corrected chi connectivity index (χ4v) is 1.65. The van der Waals surface area contributed by atoms with Gasteiger partial charge in [-0.2, -0.15) is 0 Å². The van der Waals surface area contributed by atoms with Crippen LogP contribution in [0.15, 0.2) is 47.6 Å². The summed E-state index contributed by atoms with van der Waals surface area (Å²) in [5.41, 5.74) is 9.28. The zero-order chi connectivity index (χ0) is 15.0. The smallest absolute Gasteiger partial charge is 0.338 e. The molecule has 0 saturated heterocycles. The van der Waals surface area contributed by atoms with Crippen molar-refractivity contribution in [2.45, 2.75) is 33.6 Å². The molecule has 0 atom stereocenters. The molecule has 0 unspecified atom stereocenters. The number of carbonyl (C=O) groups excluding carboxylic acids is 1. The van der Waals surface area contributed by atoms with Crippen LogP contribution in [-0.2, 0) is 4.74 Å². The first-order chi connectivity index (χ1) is 9.49. The van der Waals surface area contributed by atoms with Gasteiger partial charge in [-0.05, 0) is 64.0 Å². The normalized spacial score (nSPS) is 11.1. The lowest BCUT2D eigenvalue weighted by Gasteiger charge is -2.04. The predicted octanol–water partition coefficient (Wildman–Crippen LogP) is 4.12. The molecule has 2 N–H and O–H groups in total. The van der Waals surface area contributed by atoms with Crippen molar-refractivity contribution in [3.8, 4) is 0 Å². The lowest BCUT2D eigenvalue weighted by molar-refractivity contribution is 0.0549. The van der Waals surface area contributed by atoms with Crippen molar-refractivity contribution < 1.29 is 9.53 Å². The second-order valence-electron chi connectivity index (χ2n) is 5.09. The number of esters is 1. The van der Waals surface area contributed by atoms with E-state index in [-0.39, 0.29) is 5.97 Å². The summed E-state index contributed by atoms with van der Waals surface area (Å²) < 4.78 is 5.19. The maximum atomic E-state index is 11.7. The van der Waals surface area contributed by atoms with Gasteiger partial charge >= 0.3 is 5.97 Å². The third-order valence-electron chi connectivity index (χ3n) is 2.88. The van der Waals surface area contributed by atoms with E-state index in [9.17, 15) is 4.79 Å². The highest BCUT2D eigenvalue weighted by molar-refractivity contribution is 5.89. The molecule has 0 bridgehead atoms. The van der Waals surface area contributed by atoms with Crippen molar-refractivity contribution in [3.05, 3.63) is 53.1 Å². The minimum absolute atomic E-state index is 0.309. The van der Waals surface area contributed by atoms with E-state index in [1.165, 1.54) is 11.1 Å². The molecule has 1 aromatic carbocycles. The Balaban J connectivity index is 2.37. The minimum atomic E-state index is -0.321. The average Bonchev–Trinajstić information content (AvgIpc) is 2.39. The van der Waals surface area contributed by atoms with Crippen LogP contribution in [0.2, 0.25) is 0 Å². The number of allylic oxidation sites excluding steroid dienone is 3. The van der Waals surface area contributed by atoms with Crippen LogP contribution in [0.3, 0.4) is 0 Å². The molecule has 20 heavy (non-hydrogen) atoms. The van der Waals surface area contributed by atoms with Gasteiger partial charge in [0.2, 0.25) is 0 Å². The number of nitrogens with two attached hydrogens (primary N) is 1. The Morgan fingerprint density at radius 1 is 1.15 bits per heavy atom. The SMILES string of the molecule is CC(C)=CCC/C(C)=C/COC(=O)c1ccc(N)cc1. The molecule has 1 aromatic rings. The lowest BCUT2D eigenvalue weighted by Crippen LogP contribution is -2.05. The highest BCUT2D eigenvalue weighted by Gasteiger charge is 2.05. The van der Waals surface area contributed by atoms with Crippen LogP contribution in [0.5, 0.6) is 0 Å². The van der Waals surface area contributed by atoms with E-state index in [0.29, 0.717) is 17.9 Å². The van der Waals surface area contributed by atoms with Gasteiger partial charge in [-0.1, -0.05) is 17.2 Å². The van der Waals surface area contributed by atoms with Gasteiger partial charge in [0.25, 0.3) is 0 Å². The minimum Gasteiger partial charge on any atom is -0.458 e. The fourth-order valence-electron chi connectivity index (χ4n) is 1.65. The van der Waals surface area contributed by atoms with Crippen LogP contribution in [0, 0.1) is 0 Å². The first kappa shape index (κ1) is 16.0. The molecule has 0 spiro atoms. The Kier molecular flexibility index (Phi) is 6.57. The molecule has 0 fully saturated rings. The summed E-state index contributed by atoms with van der Waals surface area (Å²) in [6.45, 7) is 6.54. The predicted molar refractivity (Wildman–Crippen MR) is 83.6 cm³/mol. The Hall–Kier alpha value is -2.03. The van der Waals surface area contributed by atoms with E-state index in [4.69, 9.17) is 10.5 Å². The molecule has 0 amide bonds. The standard InChI is InChI=1S/C17H23NO2/c1-13(2)5-4-6-14(3)11-12-20-17(19)15-7-9-16(18)10-8-15/h5,7-11H,4,6,12,18H2,1-3H3/b14-11+. The van der Waals surface area contributed by atoms with Gasteiger partial charge in [-0.25, -0.2) is 4.79 Å². The number of anilines is 1. The Bertz CT molecular complexity index is 494. The van der Waals surface area contributed by atoms with E-state index in [1.54, 1.807) is 24.3 Å². The van der Waals surface area contributed by atoms with E-state index in [0.717, 1.165) is 12.8 Å². The number of rotatable bonds is 6. The van der Waals surface area contributed by atoms with Crippen molar-refractivity contribution in [2.75, 3.05) is 12.3 Å². The van der Waals surface area contributed by atoms with Gasteiger partial charge in [0.15, 0.2) is 0 Å². The summed E-state index contributed by atoms with van der Waals surface area (Å²) in [6.07, 6.45) is 6.17. The van der Waals surface area contributed by atoms with Crippen molar-refractivity contribution in [3.63, 3.8) is 0 Å². The molecule has 0 aliphatic heterocycles. The molecule has 0 radical (unpaired) electrons. The first-order valence-electron chi connectivity index (χ1n) is 6.80. The molecule has 0 aromatic heterocycles. The second kappa shape index (κ2) is 8.20. The van der Waals surface area contributed by atoms with Crippen molar-refractivity contribution >= 4 is 11.7 Å². The number of benzene rings is 1. The lowest BCUT2D eigenvalue weighted by atomic mass is 10.1. The van der Waals surface area contributed by atoms with Crippen molar-refractivity contribution in [1.82, 2.24) is 0 Å². The second-order valence-corrected chi connectivity index (χ2v) is 5.09. The summed E-state index contributed by atoms with van der Waals surface area (Å²) in [5, 5.41) is 0. The molecule has 0 aliphatic carbocycles. The monoisotopic (exact) mass is 273 g/mol. The zero-order valence-electron chi connectivity index (χ0n) is 12.5. The number of hydrogen-bond acceptors (Lipinski definition) is 3. The highest BCUT2D eigenvalue weighted by atomic mass is 16.5. The van der Waals surface area contributed by atoms with E-state index in [1.807, 2.05) is 6.08 Å². The molecule has 3 nitrogen and oxygen atoms in total. The fraction of sp³-hybridized carbons (Fsp3) is 0.353. The van der Waals surface area contributed by atoms with Crippen LogP contribution in [0.25, 0.3) is 0 Å².